The van der Waals surface area contributed by atoms with Crippen LogP contribution in [0.15, 0.2) is 0 Å². The van der Waals surface area contributed by atoms with Crippen molar-refractivity contribution in [3.05, 3.63) is 0 Å². The molecule has 0 heterocycles. The topological polar surface area (TPSA) is 61.5 Å². The van der Waals surface area contributed by atoms with Crippen molar-refractivity contribution in [1.82, 2.24) is 0 Å². The minimum atomic E-state index is -0.549. The molecule has 0 bridgehead atoms. The normalized spacial score (nSPS) is 8.75. The molecule has 4 heteroatoms. The first-order valence-corrected chi connectivity index (χ1v) is 2.33. The fourth-order valence-electron chi connectivity index (χ4n) is 0.159. The molecule has 0 saturated heterocycles. The molecule has 4 nitrogen and oxygen atoms in total. The third-order valence-electron chi connectivity index (χ3n) is 0.436. The van der Waals surface area contributed by atoms with E-state index in [9.17, 15) is 4.79 Å². The van der Waals surface area contributed by atoms with Crippen molar-refractivity contribution in [2.24, 2.45) is 5.73 Å². The van der Waals surface area contributed by atoms with Crippen molar-refractivity contribution in [2.45, 2.75) is 6.92 Å². The summed E-state index contributed by atoms with van der Waals surface area (Å²) in [4.78, 5) is 18.4. The SMILES string of the molecule is CCOOC(=O)CN. The lowest BCUT2D eigenvalue weighted by atomic mass is 10.7. The first-order chi connectivity index (χ1) is 3.81. The molecule has 8 heavy (non-hydrogen) atoms. The second-order valence-electron chi connectivity index (χ2n) is 1.07. The average molecular weight is 119 g/mol. The molecule has 0 unspecified atom stereocenters. The van der Waals surface area contributed by atoms with Crippen LogP contribution in [0.25, 0.3) is 0 Å². The van der Waals surface area contributed by atoms with Crippen molar-refractivity contribution in [3.8, 4) is 0 Å². The first kappa shape index (κ1) is 7.39. The Morgan fingerprint density at radius 1 is 1.75 bits per heavy atom. The van der Waals surface area contributed by atoms with Crippen LogP contribution in [-0.2, 0) is 14.6 Å². The van der Waals surface area contributed by atoms with Crippen LogP contribution >= 0.6 is 0 Å². The van der Waals surface area contributed by atoms with Crippen molar-refractivity contribution in [1.29, 1.82) is 0 Å². The Kier molecular flexibility index (Phi) is 4.20. The van der Waals surface area contributed by atoms with E-state index in [0.717, 1.165) is 0 Å². The zero-order valence-corrected chi connectivity index (χ0v) is 4.72. The number of carbonyl (C=O) groups excluding carboxylic acids is 1. The smallest absolute Gasteiger partial charge is 0.321 e. The minimum absolute atomic E-state index is 0.139. The highest BCUT2D eigenvalue weighted by Crippen LogP contribution is 1.75. The Hall–Kier alpha value is -0.610. The molecule has 0 fully saturated rings. The molecule has 0 aliphatic rings. The van der Waals surface area contributed by atoms with E-state index in [2.05, 4.69) is 9.78 Å². The van der Waals surface area contributed by atoms with Crippen LogP contribution in [0.3, 0.4) is 0 Å². The minimum Gasteiger partial charge on any atom is -0.321 e. The molecule has 0 aromatic rings. The van der Waals surface area contributed by atoms with Gasteiger partial charge in [0.05, 0.1) is 13.2 Å². The average Bonchev–Trinajstić information content (AvgIpc) is 1.83. The molecule has 0 spiro atoms. The molecule has 0 aromatic carbocycles. The molecule has 0 rings (SSSR count). The zero-order valence-electron chi connectivity index (χ0n) is 4.72. The number of carbonyl (C=O) groups is 1. The van der Waals surface area contributed by atoms with E-state index >= 15 is 0 Å². The van der Waals surface area contributed by atoms with Gasteiger partial charge in [0.25, 0.3) is 0 Å². The molecule has 48 valence electrons. The highest BCUT2D eigenvalue weighted by molar-refractivity contribution is 5.70. The summed E-state index contributed by atoms with van der Waals surface area (Å²) >= 11 is 0. The maximum absolute atomic E-state index is 10.1. The summed E-state index contributed by atoms with van der Waals surface area (Å²) in [6.45, 7) is 1.93. The number of hydrogen-bond donors (Lipinski definition) is 1. The van der Waals surface area contributed by atoms with Gasteiger partial charge in [-0.2, -0.15) is 4.89 Å². The molecular weight excluding hydrogens is 110 g/mol. The second-order valence-corrected chi connectivity index (χ2v) is 1.07. The van der Waals surface area contributed by atoms with Crippen LogP contribution in [0.4, 0.5) is 0 Å². The molecule has 0 aliphatic carbocycles. The Morgan fingerprint density at radius 3 is 2.75 bits per heavy atom. The highest BCUT2D eigenvalue weighted by atomic mass is 17.2. The fourth-order valence-corrected chi connectivity index (χ4v) is 0.159. The summed E-state index contributed by atoms with van der Waals surface area (Å²) in [5, 5.41) is 0. The summed E-state index contributed by atoms with van der Waals surface area (Å²) in [5.74, 6) is -0.549. The van der Waals surface area contributed by atoms with Crippen molar-refractivity contribution in [3.63, 3.8) is 0 Å². The summed E-state index contributed by atoms with van der Waals surface area (Å²) in [6, 6.07) is 0. The predicted molar refractivity (Wildman–Crippen MR) is 26.8 cm³/mol. The third-order valence-corrected chi connectivity index (χ3v) is 0.436. The summed E-state index contributed by atoms with van der Waals surface area (Å²) in [6.07, 6.45) is 0. The summed E-state index contributed by atoms with van der Waals surface area (Å²) in [7, 11) is 0. The van der Waals surface area contributed by atoms with Gasteiger partial charge in [0.2, 0.25) is 0 Å². The van der Waals surface area contributed by atoms with Gasteiger partial charge in [0.1, 0.15) is 0 Å². The standard InChI is InChI=1S/C4H9NO3/c1-2-7-8-4(6)3-5/h2-3,5H2,1H3. The van der Waals surface area contributed by atoms with Gasteiger partial charge in [0, 0.05) is 0 Å². The summed E-state index contributed by atoms with van der Waals surface area (Å²) in [5.41, 5.74) is 4.86. The van der Waals surface area contributed by atoms with Crippen LogP contribution in [-0.4, -0.2) is 19.1 Å². The van der Waals surface area contributed by atoms with Crippen LogP contribution in [0.5, 0.6) is 0 Å². The van der Waals surface area contributed by atoms with Crippen LogP contribution in [0.2, 0.25) is 0 Å². The van der Waals surface area contributed by atoms with E-state index in [-0.39, 0.29) is 6.54 Å². The molecule has 0 radical (unpaired) electrons. The van der Waals surface area contributed by atoms with E-state index < -0.39 is 5.97 Å². The number of hydrogen-bond acceptors (Lipinski definition) is 4. The zero-order chi connectivity index (χ0) is 6.41. The number of nitrogens with two attached hydrogens (primary N) is 1. The third kappa shape index (κ3) is 3.58. The van der Waals surface area contributed by atoms with Crippen LogP contribution < -0.4 is 5.73 Å². The van der Waals surface area contributed by atoms with Gasteiger partial charge in [-0.1, -0.05) is 0 Å². The quantitative estimate of drug-likeness (QED) is 0.399. The van der Waals surface area contributed by atoms with Gasteiger partial charge < -0.3 is 5.73 Å². The molecule has 0 saturated carbocycles. The second kappa shape index (κ2) is 4.55. The first-order valence-electron chi connectivity index (χ1n) is 2.33. The molecular formula is C4H9NO3. The van der Waals surface area contributed by atoms with Crippen molar-refractivity contribution in [2.75, 3.05) is 13.2 Å². The Balaban J connectivity index is 2.99. The van der Waals surface area contributed by atoms with E-state index in [1.54, 1.807) is 6.92 Å². The van der Waals surface area contributed by atoms with E-state index in [0.29, 0.717) is 6.61 Å². The lowest BCUT2D eigenvalue weighted by Crippen LogP contribution is -2.16. The molecule has 0 atom stereocenters. The van der Waals surface area contributed by atoms with Gasteiger partial charge in [-0.15, -0.1) is 0 Å². The lowest BCUT2D eigenvalue weighted by Gasteiger charge is -1.95. The van der Waals surface area contributed by atoms with Crippen molar-refractivity contribution >= 4 is 5.97 Å². The highest BCUT2D eigenvalue weighted by Gasteiger charge is 1.95. The van der Waals surface area contributed by atoms with Gasteiger partial charge in [-0.05, 0) is 6.92 Å². The van der Waals surface area contributed by atoms with Crippen molar-refractivity contribution < 1.29 is 14.6 Å². The Labute approximate surface area is 47.5 Å². The molecule has 0 amide bonds. The lowest BCUT2D eigenvalue weighted by molar-refractivity contribution is -0.268. The van der Waals surface area contributed by atoms with Gasteiger partial charge in [-0.3, -0.25) is 4.89 Å². The fraction of sp³-hybridized carbons (Fsp3) is 0.750. The van der Waals surface area contributed by atoms with Crippen LogP contribution in [0.1, 0.15) is 6.92 Å². The van der Waals surface area contributed by atoms with Gasteiger partial charge in [0.15, 0.2) is 0 Å². The molecule has 0 aliphatic heterocycles. The van der Waals surface area contributed by atoms with Gasteiger partial charge >= 0.3 is 5.97 Å². The monoisotopic (exact) mass is 119 g/mol. The maximum Gasteiger partial charge on any atom is 0.355 e. The van der Waals surface area contributed by atoms with Gasteiger partial charge in [-0.25, -0.2) is 4.79 Å². The Morgan fingerprint density at radius 2 is 2.38 bits per heavy atom. The summed E-state index contributed by atoms with van der Waals surface area (Å²) < 4.78 is 0. The van der Waals surface area contributed by atoms with E-state index in [1.807, 2.05) is 0 Å². The maximum atomic E-state index is 10.1. The van der Waals surface area contributed by atoms with E-state index in [4.69, 9.17) is 5.73 Å². The Bertz CT molecular complexity index is 73.7. The molecule has 0 aromatic heterocycles. The van der Waals surface area contributed by atoms with E-state index in [1.165, 1.54) is 0 Å². The largest absolute Gasteiger partial charge is 0.355 e. The number of rotatable bonds is 3. The predicted octanol–water partition coefficient (Wildman–Crippen LogP) is -0.560. The molecule has 2 N–H and O–H groups in total. The van der Waals surface area contributed by atoms with Crippen LogP contribution in [0, 0.1) is 0 Å².